The van der Waals surface area contributed by atoms with Gasteiger partial charge in [0.25, 0.3) is 21.6 Å². The highest BCUT2D eigenvalue weighted by Gasteiger charge is 2.20. The van der Waals surface area contributed by atoms with Crippen molar-refractivity contribution in [2.24, 2.45) is 0 Å². The minimum atomic E-state index is -4.00. The van der Waals surface area contributed by atoms with Crippen LogP contribution in [-0.2, 0) is 10.0 Å². The number of rotatable bonds is 9. The quantitative estimate of drug-likeness (QED) is 0.488. The third kappa shape index (κ3) is 5.54. The second-order valence-corrected chi connectivity index (χ2v) is 8.36. The number of nitro groups is 1. The fourth-order valence-corrected chi connectivity index (χ4v) is 3.96. The summed E-state index contributed by atoms with van der Waals surface area (Å²) >= 11 is 0. The minimum Gasteiger partial charge on any atom is -0.339 e. The van der Waals surface area contributed by atoms with E-state index in [0.717, 1.165) is 18.9 Å². The summed E-state index contributed by atoms with van der Waals surface area (Å²) < 4.78 is 27.5. The van der Waals surface area contributed by atoms with Crippen molar-refractivity contribution in [3.05, 3.63) is 63.7 Å². The number of amides is 1. The molecule has 29 heavy (non-hydrogen) atoms. The number of nitrogens with zero attached hydrogens (tertiary/aromatic N) is 2. The fourth-order valence-electron chi connectivity index (χ4n) is 2.89. The molecule has 0 aliphatic heterocycles. The molecule has 0 saturated heterocycles. The standard InChI is InChI=1S/C20H25N3O5S/c1-4-12-22(13-5-2)20(24)16-7-9-17(10-8-16)21-29(27,28)18-11-6-15(3)19(14-18)23(25)26/h6-11,14,21H,4-5,12-13H2,1-3H3. The van der Waals surface area contributed by atoms with Gasteiger partial charge in [0.2, 0.25) is 0 Å². The number of nitrogens with one attached hydrogen (secondary N) is 1. The number of hydrogen-bond donors (Lipinski definition) is 1. The van der Waals surface area contributed by atoms with Crippen molar-refractivity contribution in [2.45, 2.75) is 38.5 Å². The first-order chi connectivity index (χ1) is 13.7. The lowest BCUT2D eigenvalue weighted by atomic mass is 10.1. The lowest BCUT2D eigenvalue weighted by molar-refractivity contribution is -0.385. The van der Waals surface area contributed by atoms with Crippen LogP contribution in [0.2, 0.25) is 0 Å². The van der Waals surface area contributed by atoms with Crippen molar-refractivity contribution in [2.75, 3.05) is 17.8 Å². The molecule has 156 valence electrons. The van der Waals surface area contributed by atoms with E-state index in [4.69, 9.17) is 0 Å². The van der Waals surface area contributed by atoms with Crippen LogP contribution >= 0.6 is 0 Å². The van der Waals surface area contributed by atoms with Crippen LogP contribution < -0.4 is 4.72 Å². The first-order valence-corrected chi connectivity index (χ1v) is 10.8. The molecule has 0 unspecified atom stereocenters. The molecular weight excluding hydrogens is 394 g/mol. The summed E-state index contributed by atoms with van der Waals surface area (Å²) in [6, 6.07) is 9.88. The molecule has 0 saturated carbocycles. The summed E-state index contributed by atoms with van der Waals surface area (Å²) in [7, 11) is -4.00. The number of carbonyl (C=O) groups excluding carboxylic acids is 1. The highest BCUT2D eigenvalue weighted by molar-refractivity contribution is 7.92. The third-order valence-corrected chi connectivity index (χ3v) is 5.72. The summed E-state index contributed by atoms with van der Waals surface area (Å²) in [4.78, 5) is 24.6. The molecule has 2 rings (SSSR count). The van der Waals surface area contributed by atoms with E-state index in [1.54, 1.807) is 17.0 Å². The summed E-state index contributed by atoms with van der Waals surface area (Å²) in [6.07, 6.45) is 1.71. The molecule has 8 nitrogen and oxygen atoms in total. The maximum absolute atomic E-state index is 12.6. The van der Waals surface area contributed by atoms with Crippen LogP contribution in [0.15, 0.2) is 47.4 Å². The van der Waals surface area contributed by atoms with Gasteiger partial charge in [0.15, 0.2) is 0 Å². The normalized spacial score (nSPS) is 11.1. The van der Waals surface area contributed by atoms with Gasteiger partial charge in [-0.05, 0) is 50.1 Å². The monoisotopic (exact) mass is 419 g/mol. The maximum atomic E-state index is 12.6. The van der Waals surface area contributed by atoms with E-state index in [0.29, 0.717) is 24.2 Å². The number of hydrogen-bond acceptors (Lipinski definition) is 5. The number of nitro benzene ring substituents is 1. The molecule has 2 aromatic rings. The van der Waals surface area contributed by atoms with E-state index < -0.39 is 14.9 Å². The average molecular weight is 420 g/mol. The number of sulfonamides is 1. The van der Waals surface area contributed by atoms with Crippen LogP contribution in [0.3, 0.4) is 0 Å². The SMILES string of the molecule is CCCN(CCC)C(=O)c1ccc(NS(=O)(=O)c2ccc(C)c([N+](=O)[O-])c2)cc1. The predicted octanol–water partition coefficient (Wildman–Crippen LogP) is 3.97. The second-order valence-electron chi connectivity index (χ2n) is 6.68. The second kappa shape index (κ2) is 9.51. The number of aryl methyl sites for hydroxylation is 1. The van der Waals surface area contributed by atoms with Crippen LogP contribution in [0.25, 0.3) is 0 Å². The van der Waals surface area contributed by atoms with Crippen LogP contribution in [0, 0.1) is 17.0 Å². The van der Waals surface area contributed by atoms with Gasteiger partial charge in [0, 0.05) is 36.0 Å². The topological polar surface area (TPSA) is 110 Å². The molecule has 0 radical (unpaired) electrons. The Morgan fingerprint density at radius 2 is 1.66 bits per heavy atom. The van der Waals surface area contributed by atoms with Gasteiger partial charge in [-0.25, -0.2) is 8.42 Å². The summed E-state index contributed by atoms with van der Waals surface area (Å²) in [5, 5.41) is 11.1. The fraction of sp³-hybridized carbons (Fsp3) is 0.350. The Labute approximate surface area is 170 Å². The van der Waals surface area contributed by atoms with Crippen molar-refractivity contribution in [1.82, 2.24) is 4.90 Å². The zero-order valence-electron chi connectivity index (χ0n) is 16.7. The largest absolute Gasteiger partial charge is 0.339 e. The highest BCUT2D eigenvalue weighted by atomic mass is 32.2. The highest BCUT2D eigenvalue weighted by Crippen LogP contribution is 2.24. The van der Waals surface area contributed by atoms with Gasteiger partial charge in [-0.15, -0.1) is 0 Å². The molecule has 0 aliphatic carbocycles. The van der Waals surface area contributed by atoms with E-state index in [-0.39, 0.29) is 22.2 Å². The Hall–Kier alpha value is -2.94. The molecule has 1 N–H and O–H groups in total. The molecule has 0 bridgehead atoms. The number of anilines is 1. The van der Waals surface area contributed by atoms with E-state index in [9.17, 15) is 23.3 Å². The van der Waals surface area contributed by atoms with Crippen LogP contribution in [-0.4, -0.2) is 37.2 Å². The summed E-state index contributed by atoms with van der Waals surface area (Å²) in [5.74, 6) is -0.0998. The zero-order chi connectivity index (χ0) is 21.6. The van der Waals surface area contributed by atoms with Crippen molar-refractivity contribution in [3.8, 4) is 0 Å². The van der Waals surface area contributed by atoms with Crippen molar-refractivity contribution < 1.29 is 18.1 Å². The molecule has 0 spiro atoms. The van der Waals surface area contributed by atoms with E-state index in [2.05, 4.69) is 4.72 Å². The van der Waals surface area contributed by atoms with Gasteiger partial charge in [0.05, 0.1) is 9.82 Å². The molecular formula is C20H25N3O5S. The zero-order valence-corrected chi connectivity index (χ0v) is 17.5. The van der Waals surface area contributed by atoms with Gasteiger partial charge in [-0.2, -0.15) is 0 Å². The first-order valence-electron chi connectivity index (χ1n) is 9.36. The Kier molecular flexibility index (Phi) is 7.33. The predicted molar refractivity (Wildman–Crippen MR) is 112 cm³/mol. The van der Waals surface area contributed by atoms with Gasteiger partial charge in [-0.1, -0.05) is 19.9 Å². The van der Waals surface area contributed by atoms with Crippen LogP contribution in [0.4, 0.5) is 11.4 Å². The van der Waals surface area contributed by atoms with E-state index >= 15 is 0 Å². The lowest BCUT2D eigenvalue weighted by Crippen LogP contribution is -2.32. The Balaban J connectivity index is 2.21. The molecule has 2 aromatic carbocycles. The smallest absolute Gasteiger partial charge is 0.273 e. The molecule has 1 amide bonds. The Bertz CT molecular complexity index is 982. The van der Waals surface area contributed by atoms with Crippen LogP contribution in [0.5, 0.6) is 0 Å². The Morgan fingerprint density at radius 1 is 1.07 bits per heavy atom. The molecule has 0 atom stereocenters. The molecule has 0 fully saturated rings. The van der Waals surface area contributed by atoms with Gasteiger partial charge < -0.3 is 4.90 Å². The maximum Gasteiger partial charge on any atom is 0.273 e. The number of benzene rings is 2. The third-order valence-electron chi connectivity index (χ3n) is 4.35. The van der Waals surface area contributed by atoms with Gasteiger partial charge in [-0.3, -0.25) is 19.6 Å². The average Bonchev–Trinajstić information content (AvgIpc) is 2.67. The molecule has 0 heterocycles. The summed E-state index contributed by atoms with van der Waals surface area (Å²) in [6.45, 7) is 6.87. The summed E-state index contributed by atoms with van der Waals surface area (Å²) in [5.41, 5.74) is 0.851. The molecule has 0 aromatic heterocycles. The van der Waals surface area contributed by atoms with Crippen molar-refractivity contribution >= 4 is 27.3 Å². The van der Waals surface area contributed by atoms with Crippen LogP contribution in [0.1, 0.15) is 42.6 Å². The first kappa shape index (κ1) is 22.4. The minimum absolute atomic E-state index is 0.0998. The lowest BCUT2D eigenvalue weighted by Gasteiger charge is -2.21. The molecule has 0 aliphatic rings. The van der Waals surface area contributed by atoms with E-state index in [1.807, 2.05) is 13.8 Å². The van der Waals surface area contributed by atoms with Gasteiger partial charge >= 0.3 is 0 Å². The van der Waals surface area contributed by atoms with E-state index in [1.165, 1.54) is 31.2 Å². The Morgan fingerprint density at radius 3 is 2.17 bits per heavy atom. The van der Waals surface area contributed by atoms with Crippen molar-refractivity contribution in [1.29, 1.82) is 0 Å². The van der Waals surface area contributed by atoms with Gasteiger partial charge in [0.1, 0.15) is 0 Å². The van der Waals surface area contributed by atoms with Crippen molar-refractivity contribution in [3.63, 3.8) is 0 Å². The molecule has 9 heteroatoms. The number of carbonyl (C=O) groups is 1.